The van der Waals surface area contributed by atoms with Gasteiger partial charge in [-0.25, -0.2) is 9.00 Å². The minimum Gasteiger partial charge on any atom is -0.465 e. The predicted octanol–water partition coefficient (Wildman–Crippen LogP) is 3.52. The molecule has 0 aliphatic heterocycles. The number of esters is 1. The fourth-order valence-electron chi connectivity index (χ4n) is 2.57. The summed E-state index contributed by atoms with van der Waals surface area (Å²) in [6, 6.07) is 7.07. The first-order valence-corrected chi connectivity index (χ1v) is 8.97. The number of hydrogen-bond acceptors (Lipinski definition) is 3. The van der Waals surface area contributed by atoms with Crippen molar-refractivity contribution in [3.8, 4) is 0 Å². The largest absolute Gasteiger partial charge is 0.465 e. The number of rotatable bonds is 7. The van der Waals surface area contributed by atoms with Crippen LogP contribution in [0.15, 0.2) is 24.3 Å². The molecule has 0 aliphatic carbocycles. The highest BCUT2D eigenvalue weighted by Gasteiger charge is 2.37. The summed E-state index contributed by atoms with van der Waals surface area (Å²) in [5.41, 5.74) is 0.978. The van der Waals surface area contributed by atoms with Gasteiger partial charge in [0, 0.05) is 10.2 Å². The molecule has 0 heterocycles. The van der Waals surface area contributed by atoms with E-state index in [0.717, 1.165) is 18.4 Å². The Morgan fingerprint density at radius 2 is 2.00 bits per heavy atom. The van der Waals surface area contributed by atoms with Crippen LogP contribution in [0.4, 0.5) is 0 Å². The van der Waals surface area contributed by atoms with Crippen molar-refractivity contribution < 1.29 is 18.3 Å². The molecule has 0 aromatic heterocycles. The first kappa shape index (κ1) is 18.3. The zero-order valence-corrected chi connectivity index (χ0v) is 14.9. The smallest absolute Gasteiger partial charge is 0.337 e. The van der Waals surface area contributed by atoms with Crippen LogP contribution in [0, 0.1) is 0 Å². The number of alkyl halides is 1. The molecular weight excluding hydrogens is 356 g/mol. The summed E-state index contributed by atoms with van der Waals surface area (Å²) in [4.78, 5) is 11.5. The molecule has 0 saturated heterocycles. The molecule has 3 atom stereocenters. The normalized spacial score (nSPS) is 16.8. The van der Waals surface area contributed by atoms with Crippen LogP contribution < -0.4 is 0 Å². The van der Waals surface area contributed by atoms with E-state index in [1.165, 1.54) is 7.11 Å². The maximum atomic E-state index is 11.5. The maximum Gasteiger partial charge on any atom is 0.337 e. The Hall–Kier alpha value is -0.720. The van der Waals surface area contributed by atoms with Gasteiger partial charge in [0.25, 0.3) is 0 Å². The van der Waals surface area contributed by atoms with Crippen LogP contribution in [0.3, 0.4) is 0 Å². The molecular formula is C15H21BrO4S. The number of hydrogen-bond donors (Lipinski definition) is 1. The highest BCUT2D eigenvalue weighted by molar-refractivity contribution is 9.09. The second-order valence-corrected chi connectivity index (χ2v) is 7.36. The molecule has 3 unspecified atom stereocenters. The number of benzene rings is 1. The molecule has 0 bridgehead atoms. The second kappa shape index (κ2) is 8.06. The summed E-state index contributed by atoms with van der Waals surface area (Å²) >= 11 is 1.69. The fraction of sp³-hybridized carbons (Fsp3) is 0.533. The van der Waals surface area contributed by atoms with E-state index in [9.17, 15) is 13.6 Å². The number of ether oxygens (including phenoxy) is 1. The first-order valence-electron chi connectivity index (χ1n) is 6.77. The van der Waals surface area contributed by atoms with Crippen molar-refractivity contribution >= 4 is 33.0 Å². The molecule has 4 nitrogen and oxygen atoms in total. The molecule has 0 fully saturated rings. The average Bonchev–Trinajstić information content (AvgIpc) is 2.45. The summed E-state index contributed by atoms with van der Waals surface area (Å²) < 4.78 is 25.5. The quantitative estimate of drug-likeness (QED) is 0.449. The lowest BCUT2D eigenvalue weighted by atomic mass is 9.76. The molecule has 0 amide bonds. The summed E-state index contributed by atoms with van der Waals surface area (Å²) in [6.45, 7) is 4.03. The van der Waals surface area contributed by atoms with E-state index in [4.69, 9.17) is 0 Å². The lowest BCUT2D eigenvalue weighted by Gasteiger charge is -2.36. The van der Waals surface area contributed by atoms with Crippen molar-refractivity contribution in [2.75, 3.05) is 12.9 Å². The number of carbonyl (C=O) groups excluding carboxylic acids is 1. The molecule has 0 saturated carbocycles. The van der Waals surface area contributed by atoms with Crippen LogP contribution in [0.5, 0.6) is 0 Å². The van der Waals surface area contributed by atoms with Gasteiger partial charge in [0.1, 0.15) is 0 Å². The van der Waals surface area contributed by atoms with Gasteiger partial charge in [-0.1, -0.05) is 48.3 Å². The fourth-order valence-corrected chi connectivity index (χ4v) is 4.44. The maximum absolute atomic E-state index is 11.5. The number of carbonyl (C=O) groups is 1. The van der Waals surface area contributed by atoms with Crippen LogP contribution in [0.2, 0.25) is 0 Å². The van der Waals surface area contributed by atoms with E-state index in [-0.39, 0.29) is 16.5 Å². The van der Waals surface area contributed by atoms with Gasteiger partial charge >= 0.3 is 5.97 Å². The molecule has 1 N–H and O–H groups in total. The highest BCUT2D eigenvalue weighted by Crippen LogP contribution is 2.38. The third kappa shape index (κ3) is 4.37. The Morgan fingerprint density at radius 3 is 2.38 bits per heavy atom. The van der Waals surface area contributed by atoms with Crippen molar-refractivity contribution in [3.05, 3.63) is 35.4 Å². The van der Waals surface area contributed by atoms with Gasteiger partial charge in [-0.2, -0.15) is 0 Å². The second-order valence-electron chi connectivity index (χ2n) is 5.06. The molecule has 0 radical (unpaired) electrons. The van der Waals surface area contributed by atoms with Crippen LogP contribution >= 0.6 is 15.9 Å². The highest BCUT2D eigenvalue weighted by atomic mass is 79.9. The van der Waals surface area contributed by atoms with Gasteiger partial charge in [-0.3, -0.25) is 0 Å². The Morgan fingerprint density at radius 1 is 1.43 bits per heavy atom. The predicted molar refractivity (Wildman–Crippen MR) is 88.4 cm³/mol. The molecule has 1 aromatic carbocycles. The van der Waals surface area contributed by atoms with Gasteiger partial charge < -0.3 is 9.29 Å². The van der Waals surface area contributed by atoms with E-state index in [0.29, 0.717) is 5.56 Å². The zero-order chi connectivity index (χ0) is 16.0. The first-order chi connectivity index (χ1) is 9.87. The van der Waals surface area contributed by atoms with Crippen molar-refractivity contribution in [1.29, 1.82) is 0 Å². The topological polar surface area (TPSA) is 63.6 Å². The van der Waals surface area contributed by atoms with Crippen molar-refractivity contribution in [2.24, 2.45) is 0 Å². The zero-order valence-electron chi connectivity index (χ0n) is 12.5. The average molecular weight is 377 g/mol. The molecule has 21 heavy (non-hydrogen) atoms. The molecule has 1 rings (SSSR count). The summed E-state index contributed by atoms with van der Waals surface area (Å²) in [7, 11) is 1.34. The van der Waals surface area contributed by atoms with E-state index in [1.807, 2.05) is 26.0 Å². The molecule has 1 aromatic rings. The minimum atomic E-state index is -1.89. The van der Waals surface area contributed by atoms with Gasteiger partial charge in [-0.15, -0.1) is 0 Å². The molecule has 0 spiro atoms. The van der Waals surface area contributed by atoms with E-state index < -0.39 is 16.5 Å². The lowest BCUT2D eigenvalue weighted by molar-refractivity contribution is 0.0600. The third-order valence-corrected chi connectivity index (χ3v) is 5.36. The third-order valence-electron chi connectivity index (χ3n) is 3.72. The van der Waals surface area contributed by atoms with Crippen LogP contribution in [-0.2, 0) is 21.2 Å². The van der Waals surface area contributed by atoms with Crippen LogP contribution in [0.1, 0.15) is 42.6 Å². The monoisotopic (exact) mass is 376 g/mol. The van der Waals surface area contributed by atoms with Crippen molar-refractivity contribution in [3.63, 3.8) is 0 Å². The van der Waals surface area contributed by atoms with Crippen molar-refractivity contribution in [1.82, 2.24) is 0 Å². The standard InChI is InChI=1S/C15H21BrO4S/c1-4-9-15(11(2)16,10-21(18)19)13-7-5-12(6-8-13)14(17)20-3/h5-8,11H,4,9-10H2,1-3H3,(H,18,19). The minimum absolute atomic E-state index is 0.0324. The van der Waals surface area contributed by atoms with E-state index in [2.05, 4.69) is 20.7 Å². The summed E-state index contributed by atoms with van der Waals surface area (Å²) in [5.74, 6) is -0.231. The lowest BCUT2D eigenvalue weighted by Crippen LogP contribution is -2.40. The molecule has 0 aliphatic rings. The van der Waals surface area contributed by atoms with Crippen molar-refractivity contribution in [2.45, 2.75) is 36.9 Å². The van der Waals surface area contributed by atoms with E-state index in [1.54, 1.807) is 12.1 Å². The van der Waals surface area contributed by atoms with Crippen LogP contribution in [0.25, 0.3) is 0 Å². The number of halogens is 1. The van der Waals surface area contributed by atoms with Gasteiger partial charge in [0.15, 0.2) is 11.1 Å². The Labute approximate surface area is 136 Å². The SMILES string of the molecule is CCCC(CS(=O)O)(c1ccc(C(=O)OC)cc1)C(C)Br. The summed E-state index contributed by atoms with van der Waals surface area (Å²) in [5, 5.41) is 0. The van der Waals surface area contributed by atoms with Gasteiger partial charge in [-0.05, 0) is 24.1 Å². The van der Waals surface area contributed by atoms with Crippen LogP contribution in [-0.4, -0.2) is 32.4 Å². The Balaban J connectivity index is 3.24. The summed E-state index contributed by atoms with van der Waals surface area (Å²) in [6.07, 6.45) is 1.68. The molecule has 6 heteroatoms. The molecule has 118 valence electrons. The Bertz CT molecular complexity index is 501. The van der Waals surface area contributed by atoms with Gasteiger partial charge in [0.05, 0.1) is 18.4 Å². The Kier molecular flexibility index (Phi) is 7.03. The number of methoxy groups -OCH3 is 1. The van der Waals surface area contributed by atoms with Gasteiger partial charge in [0.2, 0.25) is 0 Å². The van der Waals surface area contributed by atoms with E-state index >= 15 is 0 Å².